The molecule has 0 saturated heterocycles. The van der Waals surface area contributed by atoms with Gasteiger partial charge in [0.25, 0.3) is 0 Å². The van der Waals surface area contributed by atoms with Gasteiger partial charge in [0.1, 0.15) is 0 Å². The molecule has 6 nitrogen and oxygen atoms in total. The Labute approximate surface area is 78.6 Å². The first kappa shape index (κ1) is 12.5. The molecule has 0 heterocycles. The SMILES string of the molecule is CC(O)(CCCC(N)=O)OS(=O)O. The maximum atomic E-state index is 10.3. The average molecular weight is 211 g/mol. The smallest absolute Gasteiger partial charge is 0.304 e. The van der Waals surface area contributed by atoms with E-state index >= 15 is 0 Å². The predicted molar refractivity (Wildman–Crippen MR) is 45.5 cm³/mol. The van der Waals surface area contributed by atoms with Gasteiger partial charge in [-0.05, 0) is 13.3 Å². The van der Waals surface area contributed by atoms with Gasteiger partial charge in [0.15, 0.2) is 5.79 Å². The summed E-state index contributed by atoms with van der Waals surface area (Å²) in [6.45, 7) is 1.24. The third-order valence-electron chi connectivity index (χ3n) is 1.31. The minimum atomic E-state index is -2.52. The van der Waals surface area contributed by atoms with E-state index in [1.54, 1.807) is 0 Å². The molecule has 0 radical (unpaired) electrons. The fourth-order valence-corrected chi connectivity index (χ4v) is 1.18. The number of hydrogen-bond donors (Lipinski definition) is 3. The molecule has 0 aromatic carbocycles. The molecular weight excluding hydrogens is 198 g/mol. The van der Waals surface area contributed by atoms with Crippen molar-refractivity contribution in [3.63, 3.8) is 0 Å². The van der Waals surface area contributed by atoms with Crippen molar-refractivity contribution in [2.75, 3.05) is 0 Å². The van der Waals surface area contributed by atoms with Crippen LogP contribution in [-0.4, -0.2) is 25.6 Å². The molecule has 0 aliphatic rings. The molecule has 0 spiro atoms. The van der Waals surface area contributed by atoms with Gasteiger partial charge in [0.05, 0.1) is 0 Å². The van der Waals surface area contributed by atoms with Crippen LogP contribution in [-0.2, 0) is 20.3 Å². The van der Waals surface area contributed by atoms with Crippen molar-refractivity contribution in [3.05, 3.63) is 0 Å². The van der Waals surface area contributed by atoms with Crippen LogP contribution in [0.4, 0.5) is 0 Å². The fraction of sp³-hybridized carbons (Fsp3) is 0.833. The lowest BCUT2D eigenvalue weighted by atomic mass is 10.1. The number of nitrogens with two attached hydrogens (primary N) is 1. The first-order valence-electron chi connectivity index (χ1n) is 3.64. The van der Waals surface area contributed by atoms with Crippen LogP contribution in [0.15, 0.2) is 0 Å². The third-order valence-corrected chi connectivity index (χ3v) is 1.82. The Bertz CT molecular complexity index is 205. The molecule has 0 aromatic heterocycles. The number of carbonyl (C=O) groups is 1. The lowest BCUT2D eigenvalue weighted by Crippen LogP contribution is -2.29. The van der Waals surface area contributed by atoms with E-state index in [0.29, 0.717) is 6.42 Å². The predicted octanol–water partition coefficient (Wildman–Crippen LogP) is -0.496. The van der Waals surface area contributed by atoms with Crippen LogP contribution in [0.5, 0.6) is 0 Å². The summed E-state index contributed by atoms with van der Waals surface area (Å²) in [5.41, 5.74) is 4.85. The van der Waals surface area contributed by atoms with Gasteiger partial charge in [-0.25, -0.2) is 4.18 Å². The largest absolute Gasteiger partial charge is 0.370 e. The average Bonchev–Trinajstić information content (AvgIpc) is 1.81. The van der Waals surface area contributed by atoms with Gasteiger partial charge in [0.2, 0.25) is 5.91 Å². The highest BCUT2D eigenvalue weighted by Gasteiger charge is 2.23. The highest BCUT2D eigenvalue weighted by atomic mass is 32.2. The first-order chi connectivity index (χ1) is 5.83. The van der Waals surface area contributed by atoms with E-state index in [1.807, 2.05) is 0 Å². The Morgan fingerprint density at radius 1 is 1.69 bits per heavy atom. The van der Waals surface area contributed by atoms with Gasteiger partial charge in [-0.2, -0.15) is 4.21 Å². The quantitative estimate of drug-likeness (QED) is 0.405. The lowest BCUT2D eigenvalue weighted by molar-refractivity contribution is -0.127. The second-order valence-electron chi connectivity index (χ2n) is 2.80. The summed E-state index contributed by atoms with van der Waals surface area (Å²) in [7, 11) is 0. The lowest BCUT2D eigenvalue weighted by Gasteiger charge is -2.19. The fourth-order valence-electron chi connectivity index (χ4n) is 0.786. The van der Waals surface area contributed by atoms with Gasteiger partial charge < -0.3 is 10.8 Å². The van der Waals surface area contributed by atoms with Gasteiger partial charge >= 0.3 is 11.4 Å². The maximum Gasteiger partial charge on any atom is 0.304 e. The molecule has 2 unspecified atom stereocenters. The number of hydrogen-bond acceptors (Lipinski definition) is 4. The summed E-state index contributed by atoms with van der Waals surface area (Å²) in [5, 5.41) is 9.27. The normalized spacial score (nSPS) is 17.8. The standard InChI is InChI=1S/C6H13NO5S/c1-6(9,12-13(10)11)4-2-3-5(7)8/h9H,2-4H2,1H3,(H2,7,8)(H,10,11). The Kier molecular flexibility index (Phi) is 5.07. The molecule has 0 fully saturated rings. The summed E-state index contributed by atoms with van der Waals surface area (Å²) in [6, 6.07) is 0. The van der Waals surface area contributed by atoms with E-state index in [1.165, 1.54) is 6.92 Å². The van der Waals surface area contributed by atoms with Crippen molar-refractivity contribution in [1.82, 2.24) is 0 Å². The molecule has 0 bridgehead atoms. The van der Waals surface area contributed by atoms with Crippen molar-refractivity contribution < 1.29 is 22.8 Å². The second kappa shape index (κ2) is 5.28. The monoisotopic (exact) mass is 211 g/mol. The number of amides is 1. The van der Waals surface area contributed by atoms with Crippen LogP contribution in [0.1, 0.15) is 26.2 Å². The first-order valence-corrected chi connectivity index (χ1v) is 4.68. The van der Waals surface area contributed by atoms with Crippen molar-refractivity contribution in [2.24, 2.45) is 5.73 Å². The zero-order valence-corrected chi connectivity index (χ0v) is 8.04. The molecule has 0 aliphatic heterocycles. The highest BCUT2D eigenvalue weighted by Crippen LogP contribution is 2.15. The highest BCUT2D eigenvalue weighted by molar-refractivity contribution is 7.74. The van der Waals surface area contributed by atoms with Crippen LogP contribution in [0.25, 0.3) is 0 Å². The topological polar surface area (TPSA) is 110 Å². The van der Waals surface area contributed by atoms with E-state index in [2.05, 4.69) is 4.18 Å². The zero-order valence-electron chi connectivity index (χ0n) is 7.23. The molecule has 2 atom stereocenters. The number of primary amides is 1. The number of rotatable bonds is 6. The summed E-state index contributed by atoms with van der Waals surface area (Å²) in [6.07, 6.45) is 0.485. The van der Waals surface area contributed by atoms with Gasteiger partial charge in [-0.3, -0.25) is 9.35 Å². The van der Waals surface area contributed by atoms with E-state index in [0.717, 1.165) is 0 Å². The van der Waals surface area contributed by atoms with Crippen molar-refractivity contribution in [1.29, 1.82) is 0 Å². The molecule has 7 heteroatoms. The summed E-state index contributed by atoms with van der Waals surface area (Å²) < 4.78 is 22.7. The Balaban J connectivity index is 3.75. The third kappa shape index (κ3) is 7.85. The van der Waals surface area contributed by atoms with E-state index < -0.39 is 23.1 Å². The molecule has 0 saturated carbocycles. The molecule has 13 heavy (non-hydrogen) atoms. The van der Waals surface area contributed by atoms with Crippen LogP contribution >= 0.6 is 0 Å². The number of carbonyl (C=O) groups excluding carboxylic acids is 1. The Hall–Kier alpha value is -0.500. The van der Waals surface area contributed by atoms with E-state index in [4.69, 9.17) is 10.3 Å². The minimum absolute atomic E-state index is 0.0717. The van der Waals surface area contributed by atoms with E-state index in [9.17, 15) is 14.1 Å². The van der Waals surface area contributed by atoms with Gasteiger partial charge in [0, 0.05) is 12.8 Å². The van der Waals surface area contributed by atoms with Crippen LogP contribution in [0.2, 0.25) is 0 Å². The molecular formula is C6H13NO5S. The molecule has 0 aromatic rings. The van der Waals surface area contributed by atoms with Crippen molar-refractivity contribution in [2.45, 2.75) is 32.0 Å². The van der Waals surface area contributed by atoms with Gasteiger partial charge in [-0.1, -0.05) is 0 Å². The minimum Gasteiger partial charge on any atom is -0.370 e. The van der Waals surface area contributed by atoms with Crippen LogP contribution in [0.3, 0.4) is 0 Å². The molecule has 4 N–H and O–H groups in total. The van der Waals surface area contributed by atoms with Gasteiger partial charge in [-0.15, -0.1) is 0 Å². The molecule has 0 aliphatic carbocycles. The number of aliphatic hydroxyl groups is 1. The Morgan fingerprint density at radius 2 is 2.23 bits per heavy atom. The summed E-state index contributed by atoms with van der Waals surface area (Å²) in [5.74, 6) is -2.18. The summed E-state index contributed by atoms with van der Waals surface area (Å²) in [4.78, 5) is 10.3. The second-order valence-corrected chi connectivity index (χ2v) is 3.40. The summed E-state index contributed by atoms with van der Waals surface area (Å²) >= 11 is -2.52. The van der Waals surface area contributed by atoms with Crippen LogP contribution < -0.4 is 5.73 Å². The van der Waals surface area contributed by atoms with E-state index in [-0.39, 0.29) is 12.8 Å². The van der Waals surface area contributed by atoms with Crippen LogP contribution in [0, 0.1) is 0 Å². The van der Waals surface area contributed by atoms with Crippen molar-refractivity contribution >= 4 is 17.3 Å². The zero-order chi connectivity index (χ0) is 10.5. The molecule has 78 valence electrons. The Morgan fingerprint density at radius 3 is 2.62 bits per heavy atom. The van der Waals surface area contributed by atoms with Crippen molar-refractivity contribution in [3.8, 4) is 0 Å². The molecule has 1 amide bonds. The maximum absolute atomic E-state index is 10.3. The molecule has 0 rings (SSSR count).